The smallest absolute Gasteiger partial charge is 0.259 e. The summed E-state index contributed by atoms with van der Waals surface area (Å²) in [6, 6.07) is 14.6. The zero-order chi connectivity index (χ0) is 16.9. The number of para-hydroxylation sites is 1. The highest BCUT2D eigenvalue weighted by atomic mass is 79.9. The molecular weight excluding hydrogens is 388 g/mol. The van der Waals surface area contributed by atoms with Crippen LogP contribution in [0.3, 0.4) is 0 Å². The van der Waals surface area contributed by atoms with Crippen molar-refractivity contribution in [1.82, 2.24) is 4.98 Å². The van der Waals surface area contributed by atoms with Crippen LogP contribution in [0.5, 0.6) is 5.75 Å². The van der Waals surface area contributed by atoms with Gasteiger partial charge in [-0.15, -0.1) is 11.3 Å². The van der Waals surface area contributed by atoms with Gasteiger partial charge in [0.05, 0.1) is 16.3 Å². The lowest BCUT2D eigenvalue weighted by Gasteiger charge is -2.11. The number of carbonyl (C=O) groups is 1. The molecule has 0 aliphatic heterocycles. The monoisotopic (exact) mass is 402 g/mol. The fourth-order valence-electron chi connectivity index (χ4n) is 2.17. The summed E-state index contributed by atoms with van der Waals surface area (Å²) in [5, 5.41) is 5.83. The first-order valence-electron chi connectivity index (χ1n) is 7.31. The Balaban J connectivity index is 1.74. The van der Waals surface area contributed by atoms with Crippen LogP contribution in [0.4, 0.5) is 5.69 Å². The number of carbonyl (C=O) groups excluding carboxylic acids is 1. The van der Waals surface area contributed by atoms with Gasteiger partial charge in [-0.1, -0.05) is 34.1 Å². The quantitative estimate of drug-likeness (QED) is 0.649. The predicted octanol–water partition coefficient (Wildman–Crippen LogP) is 5.05. The molecule has 3 rings (SSSR count). The summed E-state index contributed by atoms with van der Waals surface area (Å²) in [4.78, 5) is 16.9. The zero-order valence-corrected chi connectivity index (χ0v) is 15.4. The van der Waals surface area contributed by atoms with E-state index in [4.69, 9.17) is 4.74 Å². The molecule has 0 radical (unpaired) electrons. The van der Waals surface area contributed by atoms with Gasteiger partial charge in [0.2, 0.25) is 0 Å². The van der Waals surface area contributed by atoms with Crippen molar-refractivity contribution in [1.29, 1.82) is 0 Å². The molecule has 0 aliphatic rings. The number of anilines is 1. The van der Waals surface area contributed by atoms with E-state index in [1.165, 1.54) is 0 Å². The van der Waals surface area contributed by atoms with E-state index in [1.807, 2.05) is 48.7 Å². The van der Waals surface area contributed by atoms with Crippen LogP contribution in [-0.4, -0.2) is 10.9 Å². The minimum Gasteiger partial charge on any atom is -0.486 e. The number of hydrogen-bond acceptors (Lipinski definition) is 4. The number of benzene rings is 2. The van der Waals surface area contributed by atoms with Crippen LogP contribution in [0, 0.1) is 6.92 Å². The number of hydrogen-bond donors (Lipinski definition) is 1. The molecule has 6 heteroatoms. The third kappa shape index (κ3) is 4.21. The Morgan fingerprint density at radius 3 is 2.83 bits per heavy atom. The van der Waals surface area contributed by atoms with Gasteiger partial charge in [0.25, 0.3) is 5.91 Å². The number of ether oxygens (including phenoxy) is 1. The Morgan fingerprint density at radius 1 is 1.25 bits per heavy atom. The Morgan fingerprint density at radius 2 is 2.08 bits per heavy atom. The number of rotatable bonds is 5. The van der Waals surface area contributed by atoms with Crippen LogP contribution < -0.4 is 10.1 Å². The van der Waals surface area contributed by atoms with Gasteiger partial charge in [0.15, 0.2) is 0 Å². The summed E-state index contributed by atoms with van der Waals surface area (Å²) in [7, 11) is 0. The number of halogens is 1. The minimum atomic E-state index is -0.210. The van der Waals surface area contributed by atoms with Gasteiger partial charge in [0, 0.05) is 15.5 Å². The molecule has 0 fully saturated rings. The molecule has 1 aromatic heterocycles. The first-order valence-corrected chi connectivity index (χ1v) is 8.99. The number of amides is 1. The van der Waals surface area contributed by atoms with Crippen molar-refractivity contribution in [2.24, 2.45) is 0 Å². The number of thiazole rings is 1. The molecule has 0 saturated heterocycles. The van der Waals surface area contributed by atoms with Gasteiger partial charge < -0.3 is 10.1 Å². The lowest BCUT2D eigenvalue weighted by atomic mass is 10.2. The SMILES string of the molecule is Cc1nc(COc2ccccc2C(=O)Nc2cccc(Br)c2)cs1. The highest BCUT2D eigenvalue weighted by Crippen LogP contribution is 2.22. The summed E-state index contributed by atoms with van der Waals surface area (Å²) >= 11 is 4.97. The zero-order valence-electron chi connectivity index (χ0n) is 13.0. The molecule has 0 atom stereocenters. The van der Waals surface area contributed by atoms with Crippen LogP contribution in [0.15, 0.2) is 58.4 Å². The molecule has 2 aromatic carbocycles. The van der Waals surface area contributed by atoms with Crippen LogP contribution >= 0.6 is 27.3 Å². The molecular formula is C18H15BrN2O2S. The summed E-state index contributed by atoms with van der Waals surface area (Å²) in [6.07, 6.45) is 0. The number of aryl methyl sites for hydroxylation is 1. The van der Waals surface area contributed by atoms with Crippen LogP contribution in [0.2, 0.25) is 0 Å². The second-order valence-electron chi connectivity index (χ2n) is 5.11. The van der Waals surface area contributed by atoms with Crippen molar-refractivity contribution in [3.05, 3.63) is 74.6 Å². The van der Waals surface area contributed by atoms with Gasteiger partial charge >= 0.3 is 0 Å². The van der Waals surface area contributed by atoms with E-state index in [9.17, 15) is 4.79 Å². The summed E-state index contributed by atoms with van der Waals surface area (Å²) in [5.74, 6) is 0.328. The Bertz CT molecular complexity index is 863. The molecule has 24 heavy (non-hydrogen) atoms. The van der Waals surface area contributed by atoms with Crippen molar-refractivity contribution in [3.63, 3.8) is 0 Å². The molecule has 122 valence electrons. The van der Waals surface area contributed by atoms with Gasteiger partial charge in [-0.05, 0) is 37.3 Å². The highest BCUT2D eigenvalue weighted by Gasteiger charge is 2.13. The fourth-order valence-corrected chi connectivity index (χ4v) is 3.17. The van der Waals surface area contributed by atoms with Gasteiger partial charge in [-0.25, -0.2) is 4.98 Å². The van der Waals surface area contributed by atoms with Crippen molar-refractivity contribution in [2.75, 3.05) is 5.32 Å². The van der Waals surface area contributed by atoms with Gasteiger partial charge in [-0.2, -0.15) is 0 Å². The average Bonchev–Trinajstić information content (AvgIpc) is 2.99. The van der Waals surface area contributed by atoms with Crippen molar-refractivity contribution in [2.45, 2.75) is 13.5 Å². The van der Waals surface area contributed by atoms with Crippen molar-refractivity contribution >= 4 is 38.9 Å². The van der Waals surface area contributed by atoms with Crippen molar-refractivity contribution < 1.29 is 9.53 Å². The van der Waals surface area contributed by atoms with E-state index in [-0.39, 0.29) is 5.91 Å². The molecule has 0 bridgehead atoms. The summed E-state index contributed by atoms with van der Waals surface area (Å²) in [5.41, 5.74) is 2.07. The van der Waals surface area contributed by atoms with Crippen molar-refractivity contribution in [3.8, 4) is 5.75 Å². The maximum absolute atomic E-state index is 12.5. The molecule has 1 N–H and O–H groups in total. The van der Waals surface area contributed by atoms with Crippen LogP contribution in [-0.2, 0) is 6.61 Å². The van der Waals surface area contributed by atoms with Gasteiger partial charge in [0.1, 0.15) is 12.4 Å². The first kappa shape index (κ1) is 16.7. The molecule has 1 heterocycles. The highest BCUT2D eigenvalue weighted by molar-refractivity contribution is 9.10. The molecule has 0 saturated carbocycles. The van der Waals surface area contributed by atoms with E-state index < -0.39 is 0 Å². The molecule has 3 aromatic rings. The van der Waals surface area contributed by atoms with Gasteiger partial charge in [-0.3, -0.25) is 4.79 Å². The molecule has 0 unspecified atom stereocenters. The van der Waals surface area contributed by atoms with E-state index in [0.717, 1.165) is 20.9 Å². The number of nitrogens with zero attached hydrogens (tertiary/aromatic N) is 1. The van der Waals surface area contributed by atoms with E-state index >= 15 is 0 Å². The third-order valence-corrected chi connectivity index (χ3v) is 4.57. The lowest BCUT2D eigenvalue weighted by molar-refractivity contribution is 0.102. The topological polar surface area (TPSA) is 51.2 Å². The normalized spacial score (nSPS) is 10.4. The van der Waals surface area contributed by atoms with Crippen LogP contribution in [0.25, 0.3) is 0 Å². The maximum atomic E-state index is 12.5. The molecule has 0 aliphatic carbocycles. The van der Waals surface area contributed by atoms with E-state index in [2.05, 4.69) is 26.2 Å². The Labute approximate surface area is 152 Å². The molecule has 1 amide bonds. The largest absolute Gasteiger partial charge is 0.486 e. The van der Waals surface area contributed by atoms with E-state index in [1.54, 1.807) is 23.5 Å². The second-order valence-corrected chi connectivity index (χ2v) is 7.09. The molecule has 4 nitrogen and oxygen atoms in total. The fraction of sp³-hybridized carbons (Fsp3) is 0.111. The number of nitrogens with one attached hydrogen (secondary N) is 1. The lowest BCUT2D eigenvalue weighted by Crippen LogP contribution is -2.13. The number of aromatic nitrogens is 1. The van der Waals surface area contributed by atoms with Crippen LogP contribution in [0.1, 0.15) is 21.1 Å². The Kier molecular flexibility index (Phi) is 5.27. The minimum absolute atomic E-state index is 0.210. The Hall–Kier alpha value is -2.18. The summed E-state index contributed by atoms with van der Waals surface area (Å²) in [6.45, 7) is 2.29. The summed E-state index contributed by atoms with van der Waals surface area (Å²) < 4.78 is 6.70. The third-order valence-electron chi connectivity index (χ3n) is 3.26. The van der Waals surface area contributed by atoms with E-state index in [0.29, 0.717) is 17.9 Å². The predicted molar refractivity (Wildman–Crippen MR) is 99.7 cm³/mol. The second kappa shape index (κ2) is 7.59. The first-order chi connectivity index (χ1) is 11.6. The standard InChI is InChI=1S/C18H15BrN2O2S/c1-12-20-15(11-24-12)10-23-17-8-3-2-7-16(17)18(22)21-14-6-4-5-13(19)9-14/h2-9,11H,10H2,1H3,(H,21,22). The maximum Gasteiger partial charge on any atom is 0.259 e. The molecule has 0 spiro atoms. The average molecular weight is 403 g/mol.